The topological polar surface area (TPSA) is 99.6 Å². The molecule has 9 heteroatoms. The molecule has 0 spiro atoms. The van der Waals surface area contributed by atoms with Gasteiger partial charge in [-0.2, -0.15) is 5.10 Å². The standard InChI is InChI=1S/C20H27N7O2/c1-13(2)6-9-27-20(29)26-8-7-15(4-5-17(26)24-27)23-19(28)14-10-16-18(21-11-14)25(3)12-22-16/h10-13,15H,4-9H2,1-3H3,(H,23,28). The second-order valence-corrected chi connectivity index (χ2v) is 8.18. The second-order valence-electron chi connectivity index (χ2n) is 8.18. The van der Waals surface area contributed by atoms with E-state index in [2.05, 4.69) is 34.2 Å². The Labute approximate surface area is 168 Å². The number of aromatic nitrogens is 6. The first-order chi connectivity index (χ1) is 13.9. The minimum Gasteiger partial charge on any atom is -0.349 e. The molecule has 9 nitrogen and oxygen atoms in total. The summed E-state index contributed by atoms with van der Waals surface area (Å²) < 4.78 is 5.16. The molecule has 154 valence electrons. The number of amides is 1. The molecular formula is C20H27N7O2. The van der Waals surface area contributed by atoms with Gasteiger partial charge in [0.1, 0.15) is 11.3 Å². The Morgan fingerprint density at radius 3 is 2.93 bits per heavy atom. The highest BCUT2D eigenvalue weighted by Gasteiger charge is 2.22. The molecule has 3 aromatic rings. The zero-order valence-corrected chi connectivity index (χ0v) is 17.1. The molecule has 1 unspecified atom stereocenters. The van der Waals surface area contributed by atoms with Crippen molar-refractivity contribution in [1.82, 2.24) is 34.2 Å². The summed E-state index contributed by atoms with van der Waals surface area (Å²) in [5, 5.41) is 7.61. The lowest BCUT2D eigenvalue weighted by molar-refractivity contribution is 0.0932. The summed E-state index contributed by atoms with van der Waals surface area (Å²) >= 11 is 0. The Balaban J connectivity index is 1.41. The van der Waals surface area contributed by atoms with Crippen molar-refractivity contribution < 1.29 is 4.79 Å². The number of hydrogen-bond donors (Lipinski definition) is 1. The molecule has 1 atom stereocenters. The number of nitrogens with one attached hydrogen (secondary N) is 1. The molecule has 3 aromatic heterocycles. The predicted molar refractivity (Wildman–Crippen MR) is 109 cm³/mol. The molecule has 1 aliphatic heterocycles. The lowest BCUT2D eigenvalue weighted by Crippen LogP contribution is -2.36. The molecule has 29 heavy (non-hydrogen) atoms. The van der Waals surface area contributed by atoms with Crippen LogP contribution in [0.2, 0.25) is 0 Å². The van der Waals surface area contributed by atoms with Gasteiger partial charge < -0.3 is 9.88 Å². The summed E-state index contributed by atoms with van der Waals surface area (Å²) in [6, 6.07) is 1.75. The van der Waals surface area contributed by atoms with Gasteiger partial charge in [-0.15, -0.1) is 0 Å². The van der Waals surface area contributed by atoms with E-state index in [1.165, 1.54) is 0 Å². The summed E-state index contributed by atoms with van der Waals surface area (Å²) in [6.45, 7) is 5.50. The molecule has 4 heterocycles. The van der Waals surface area contributed by atoms with Gasteiger partial charge in [-0.3, -0.25) is 9.36 Å². The smallest absolute Gasteiger partial charge is 0.345 e. The van der Waals surface area contributed by atoms with Crippen molar-refractivity contribution in [3.8, 4) is 0 Å². The van der Waals surface area contributed by atoms with Gasteiger partial charge in [-0.25, -0.2) is 19.4 Å². The number of aryl methyl sites for hydroxylation is 3. The lowest BCUT2D eigenvalue weighted by atomic mass is 10.1. The zero-order valence-electron chi connectivity index (χ0n) is 17.1. The number of imidazole rings is 1. The first-order valence-corrected chi connectivity index (χ1v) is 10.2. The van der Waals surface area contributed by atoms with Crippen molar-refractivity contribution in [2.24, 2.45) is 13.0 Å². The number of carbonyl (C=O) groups excluding carboxylic acids is 1. The van der Waals surface area contributed by atoms with Gasteiger partial charge in [0.25, 0.3) is 5.91 Å². The molecule has 0 saturated carbocycles. The highest BCUT2D eigenvalue weighted by molar-refractivity contribution is 5.96. The third-order valence-corrected chi connectivity index (χ3v) is 5.48. The molecular weight excluding hydrogens is 370 g/mol. The quantitative estimate of drug-likeness (QED) is 0.703. The summed E-state index contributed by atoms with van der Waals surface area (Å²) in [6.07, 6.45) is 6.32. The maximum atomic E-state index is 12.7. The SMILES string of the molecule is CC(C)CCn1nc2n(c1=O)CCC(NC(=O)c1cnc3c(c1)ncn3C)CC2. The molecule has 0 aromatic carbocycles. The van der Waals surface area contributed by atoms with Crippen LogP contribution in [-0.4, -0.2) is 40.8 Å². The van der Waals surface area contributed by atoms with Gasteiger partial charge in [-0.1, -0.05) is 13.8 Å². The summed E-state index contributed by atoms with van der Waals surface area (Å²) in [4.78, 5) is 33.9. The largest absolute Gasteiger partial charge is 0.349 e. The van der Waals surface area contributed by atoms with Crippen molar-refractivity contribution in [2.75, 3.05) is 0 Å². The van der Waals surface area contributed by atoms with Crippen molar-refractivity contribution >= 4 is 17.1 Å². The first-order valence-electron chi connectivity index (χ1n) is 10.2. The van der Waals surface area contributed by atoms with E-state index in [1.54, 1.807) is 27.8 Å². The lowest BCUT2D eigenvalue weighted by Gasteiger charge is -2.16. The van der Waals surface area contributed by atoms with Crippen molar-refractivity contribution in [2.45, 2.75) is 58.7 Å². The zero-order chi connectivity index (χ0) is 20.5. The normalized spacial score (nSPS) is 16.8. The van der Waals surface area contributed by atoms with Crippen LogP contribution >= 0.6 is 0 Å². The highest BCUT2D eigenvalue weighted by Crippen LogP contribution is 2.15. The van der Waals surface area contributed by atoms with E-state index < -0.39 is 0 Å². The molecule has 0 saturated heterocycles. The fourth-order valence-electron chi connectivity index (χ4n) is 3.71. The van der Waals surface area contributed by atoms with Crippen LogP contribution in [0.15, 0.2) is 23.4 Å². The van der Waals surface area contributed by atoms with Gasteiger partial charge in [0.15, 0.2) is 5.65 Å². The van der Waals surface area contributed by atoms with Crippen molar-refractivity contribution in [3.05, 3.63) is 40.5 Å². The summed E-state index contributed by atoms with van der Waals surface area (Å²) in [5.74, 6) is 1.18. The average molecular weight is 397 g/mol. The maximum Gasteiger partial charge on any atom is 0.345 e. The molecule has 0 bridgehead atoms. The number of carbonyl (C=O) groups is 1. The Kier molecular flexibility index (Phi) is 5.21. The Morgan fingerprint density at radius 2 is 2.14 bits per heavy atom. The Morgan fingerprint density at radius 1 is 1.31 bits per heavy atom. The fraction of sp³-hybridized carbons (Fsp3) is 0.550. The van der Waals surface area contributed by atoms with Crippen molar-refractivity contribution in [1.29, 1.82) is 0 Å². The van der Waals surface area contributed by atoms with Gasteiger partial charge in [-0.05, 0) is 31.2 Å². The van der Waals surface area contributed by atoms with Gasteiger partial charge in [0.2, 0.25) is 0 Å². The maximum absolute atomic E-state index is 12.7. The van der Waals surface area contributed by atoms with E-state index in [4.69, 9.17) is 0 Å². The third kappa shape index (κ3) is 3.94. The van der Waals surface area contributed by atoms with E-state index in [1.807, 2.05) is 11.6 Å². The van der Waals surface area contributed by atoms with E-state index in [-0.39, 0.29) is 17.6 Å². The minimum atomic E-state index is -0.163. The Hall–Kier alpha value is -2.97. The van der Waals surface area contributed by atoms with E-state index >= 15 is 0 Å². The van der Waals surface area contributed by atoms with E-state index in [0.29, 0.717) is 42.9 Å². The number of hydrogen-bond acceptors (Lipinski definition) is 5. The summed E-state index contributed by atoms with van der Waals surface area (Å²) in [5.41, 5.74) is 1.89. The number of pyridine rings is 1. The van der Waals surface area contributed by atoms with Crippen LogP contribution in [0, 0.1) is 5.92 Å². The number of fused-ring (bicyclic) bond motifs is 2. The molecule has 0 fully saturated rings. The van der Waals surface area contributed by atoms with Crippen LogP contribution < -0.4 is 11.0 Å². The third-order valence-electron chi connectivity index (χ3n) is 5.48. The number of rotatable bonds is 5. The van der Waals surface area contributed by atoms with Gasteiger partial charge >= 0.3 is 5.69 Å². The van der Waals surface area contributed by atoms with Crippen molar-refractivity contribution in [3.63, 3.8) is 0 Å². The molecule has 1 amide bonds. The van der Waals surface area contributed by atoms with E-state index in [9.17, 15) is 9.59 Å². The van der Waals surface area contributed by atoms with Gasteiger partial charge in [0, 0.05) is 38.8 Å². The molecule has 4 rings (SSSR count). The molecule has 0 aliphatic carbocycles. The van der Waals surface area contributed by atoms with Crippen LogP contribution in [0.1, 0.15) is 49.3 Å². The highest BCUT2D eigenvalue weighted by atomic mass is 16.2. The second kappa shape index (κ2) is 7.81. The first kappa shape index (κ1) is 19.4. The average Bonchev–Trinajstić information content (AvgIpc) is 3.13. The van der Waals surface area contributed by atoms with Crippen LogP contribution in [0.3, 0.4) is 0 Å². The molecule has 0 radical (unpaired) electrons. The number of nitrogens with zero attached hydrogens (tertiary/aromatic N) is 6. The van der Waals surface area contributed by atoms with Crippen LogP contribution in [0.25, 0.3) is 11.2 Å². The predicted octanol–water partition coefficient (Wildman–Crippen LogP) is 1.51. The minimum absolute atomic E-state index is 0.00727. The summed E-state index contributed by atoms with van der Waals surface area (Å²) in [7, 11) is 1.87. The fourth-order valence-corrected chi connectivity index (χ4v) is 3.71. The molecule has 1 N–H and O–H groups in total. The van der Waals surface area contributed by atoms with E-state index in [0.717, 1.165) is 24.3 Å². The van der Waals surface area contributed by atoms with Gasteiger partial charge in [0.05, 0.1) is 11.9 Å². The van der Waals surface area contributed by atoms with Crippen LogP contribution in [0.4, 0.5) is 0 Å². The monoisotopic (exact) mass is 397 g/mol. The Bertz CT molecular complexity index is 1090. The van der Waals surface area contributed by atoms with Crippen LogP contribution in [0.5, 0.6) is 0 Å². The van der Waals surface area contributed by atoms with Crippen LogP contribution in [-0.2, 0) is 26.6 Å². The molecule has 1 aliphatic rings.